The zero-order chi connectivity index (χ0) is 23.4. The van der Waals surface area contributed by atoms with E-state index in [1.807, 2.05) is 0 Å². The minimum Gasteiger partial charge on any atom is -0.491 e. The van der Waals surface area contributed by atoms with Crippen LogP contribution in [0, 0.1) is 0 Å². The summed E-state index contributed by atoms with van der Waals surface area (Å²) in [4.78, 5) is 19.8. The molecule has 1 aliphatic rings. The van der Waals surface area contributed by atoms with E-state index in [9.17, 15) is 9.18 Å². The summed E-state index contributed by atoms with van der Waals surface area (Å²) in [7, 11) is 1.59. The number of carbonyl (C=O) groups is 1. The number of primary amides is 1. The largest absolute Gasteiger partial charge is 0.491 e. The van der Waals surface area contributed by atoms with Gasteiger partial charge in [-0.3, -0.25) is 14.8 Å². The van der Waals surface area contributed by atoms with Crippen LogP contribution in [0.3, 0.4) is 0 Å². The van der Waals surface area contributed by atoms with Crippen LogP contribution in [0.1, 0.15) is 5.56 Å². The molecule has 2 N–H and O–H groups in total. The number of methoxy groups -OCH3 is 1. The number of aromatic nitrogens is 1. The van der Waals surface area contributed by atoms with Gasteiger partial charge in [0.25, 0.3) is 5.91 Å². The van der Waals surface area contributed by atoms with Crippen LogP contribution in [0.5, 0.6) is 17.2 Å². The third kappa shape index (κ3) is 4.40. The van der Waals surface area contributed by atoms with E-state index in [0.717, 1.165) is 6.21 Å². The van der Waals surface area contributed by atoms with Crippen molar-refractivity contribution in [2.75, 3.05) is 26.9 Å². The number of halogens is 2. The molecule has 33 heavy (non-hydrogen) atoms. The topological polar surface area (TPSA) is 96.0 Å². The summed E-state index contributed by atoms with van der Waals surface area (Å²) < 4.78 is 46.9. The molecule has 1 atom stereocenters. The molecule has 0 saturated heterocycles. The molecule has 7 nitrogen and oxygen atoms in total. The third-order valence-electron chi connectivity index (χ3n) is 5.15. The minimum atomic E-state index is -2.80. The van der Waals surface area contributed by atoms with Gasteiger partial charge in [-0.1, -0.05) is 18.2 Å². The van der Waals surface area contributed by atoms with Gasteiger partial charge < -0.3 is 19.9 Å². The van der Waals surface area contributed by atoms with E-state index in [1.54, 1.807) is 55.8 Å². The Labute approximate surface area is 188 Å². The van der Waals surface area contributed by atoms with Crippen LogP contribution in [0.15, 0.2) is 65.5 Å². The highest BCUT2D eigenvalue weighted by molar-refractivity contribution is 6.06. The monoisotopic (exact) mass is 453 g/mol. The normalized spacial score (nSPS) is 17.9. The van der Waals surface area contributed by atoms with Crippen molar-refractivity contribution >= 4 is 28.6 Å². The number of carbonyl (C=O) groups excluding carboxylic acids is 1. The molecule has 170 valence electrons. The zero-order valence-corrected chi connectivity index (χ0v) is 17.8. The fourth-order valence-electron chi connectivity index (χ4n) is 3.53. The molecule has 4 rings (SSSR count). The van der Waals surface area contributed by atoms with Crippen molar-refractivity contribution in [3.05, 3.63) is 66.1 Å². The van der Waals surface area contributed by atoms with Crippen LogP contribution >= 0.6 is 0 Å². The standard InChI is InChI=1S/C24H21F2N3O4/c1-31-10-11-32-15-6-7-16-19(12-15)29-9-8-21(16)33-20-5-3-2-4-17(20)22-18(25)13-28-14-24(22,26)23(27)30/h2-9,12-13H,10-11,14H2,1H3,(H2,27,30). The fraction of sp³-hybridized carbons (Fsp3) is 0.208. The van der Waals surface area contributed by atoms with Crippen molar-refractivity contribution in [2.24, 2.45) is 10.7 Å². The first kappa shape index (κ1) is 22.3. The molecule has 1 amide bonds. The number of hydrogen-bond donors (Lipinski definition) is 1. The summed E-state index contributed by atoms with van der Waals surface area (Å²) in [5, 5.41) is 0.660. The van der Waals surface area contributed by atoms with Crippen LogP contribution in [-0.2, 0) is 9.53 Å². The summed E-state index contributed by atoms with van der Waals surface area (Å²) in [6.07, 6.45) is 2.43. The number of allylic oxidation sites excluding steroid dienone is 1. The van der Waals surface area contributed by atoms with Crippen molar-refractivity contribution in [3.8, 4) is 17.2 Å². The van der Waals surface area contributed by atoms with Gasteiger partial charge in [0, 0.05) is 35.9 Å². The number of ether oxygens (including phenoxy) is 3. The molecule has 1 aromatic heterocycles. The SMILES string of the molecule is COCCOc1ccc2c(Oc3ccccc3C3=C(F)C=NCC3(F)C(N)=O)ccnc2c1. The summed E-state index contributed by atoms with van der Waals surface area (Å²) in [6.45, 7) is 0.230. The van der Waals surface area contributed by atoms with Gasteiger partial charge >= 0.3 is 0 Å². The molecule has 0 fully saturated rings. The first-order chi connectivity index (χ1) is 15.9. The molecule has 2 heterocycles. The molecule has 3 aromatic rings. The molecular weight excluding hydrogens is 432 g/mol. The van der Waals surface area contributed by atoms with Crippen molar-refractivity contribution in [2.45, 2.75) is 5.67 Å². The van der Waals surface area contributed by atoms with Crippen molar-refractivity contribution in [3.63, 3.8) is 0 Å². The highest BCUT2D eigenvalue weighted by atomic mass is 19.1. The van der Waals surface area contributed by atoms with Crippen LogP contribution in [-0.4, -0.2) is 49.6 Å². The van der Waals surface area contributed by atoms with E-state index >= 15 is 4.39 Å². The smallest absolute Gasteiger partial charge is 0.261 e. The Hall–Kier alpha value is -3.85. The predicted molar refractivity (Wildman–Crippen MR) is 120 cm³/mol. The average Bonchev–Trinajstić information content (AvgIpc) is 2.80. The number of fused-ring (bicyclic) bond motifs is 1. The lowest BCUT2D eigenvalue weighted by Crippen LogP contribution is -2.45. The molecule has 0 saturated carbocycles. The lowest BCUT2D eigenvalue weighted by molar-refractivity contribution is -0.125. The van der Waals surface area contributed by atoms with Gasteiger partial charge in [-0.2, -0.15) is 0 Å². The Morgan fingerprint density at radius 1 is 1.15 bits per heavy atom. The number of nitrogens with zero attached hydrogens (tertiary/aromatic N) is 2. The maximum Gasteiger partial charge on any atom is 0.261 e. The second kappa shape index (κ2) is 9.33. The third-order valence-corrected chi connectivity index (χ3v) is 5.15. The quantitative estimate of drug-likeness (QED) is 0.520. The predicted octanol–water partition coefficient (Wildman–Crippen LogP) is 4.01. The van der Waals surface area contributed by atoms with Crippen LogP contribution in [0.25, 0.3) is 16.5 Å². The fourth-order valence-corrected chi connectivity index (χ4v) is 3.53. The van der Waals surface area contributed by atoms with Gasteiger partial charge in [-0.25, -0.2) is 8.78 Å². The Morgan fingerprint density at radius 2 is 1.97 bits per heavy atom. The number of dihydropyridines is 1. The summed E-state index contributed by atoms with van der Waals surface area (Å²) in [5.41, 5.74) is 2.63. The second-order valence-electron chi connectivity index (χ2n) is 7.29. The zero-order valence-electron chi connectivity index (χ0n) is 17.8. The van der Waals surface area contributed by atoms with Crippen molar-refractivity contribution < 1.29 is 27.8 Å². The highest BCUT2D eigenvalue weighted by Gasteiger charge is 2.46. The van der Waals surface area contributed by atoms with Crippen LogP contribution < -0.4 is 15.2 Å². The maximum atomic E-state index is 15.5. The molecule has 0 bridgehead atoms. The number of hydrogen-bond acceptors (Lipinski definition) is 6. The number of benzene rings is 2. The lowest BCUT2D eigenvalue weighted by atomic mass is 9.86. The first-order valence-electron chi connectivity index (χ1n) is 10.1. The molecule has 1 unspecified atom stereocenters. The summed E-state index contributed by atoms with van der Waals surface area (Å²) in [5.74, 6) is -1.15. The van der Waals surface area contributed by atoms with Gasteiger partial charge in [0.2, 0.25) is 5.67 Å². The number of alkyl halides is 1. The molecule has 0 radical (unpaired) electrons. The van der Waals surface area contributed by atoms with Gasteiger partial charge in [0.1, 0.15) is 29.7 Å². The van der Waals surface area contributed by atoms with Crippen LogP contribution in [0.2, 0.25) is 0 Å². The first-order valence-corrected chi connectivity index (χ1v) is 10.1. The maximum absolute atomic E-state index is 15.5. The Morgan fingerprint density at radius 3 is 2.76 bits per heavy atom. The van der Waals surface area contributed by atoms with Gasteiger partial charge in [-0.15, -0.1) is 0 Å². The molecule has 9 heteroatoms. The minimum absolute atomic E-state index is 0.0620. The highest BCUT2D eigenvalue weighted by Crippen LogP contribution is 2.42. The molecule has 0 spiro atoms. The summed E-state index contributed by atoms with van der Waals surface area (Å²) >= 11 is 0. The average molecular weight is 453 g/mol. The van der Waals surface area contributed by atoms with Crippen molar-refractivity contribution in [1.29, 1.82) is 0 Å². The lowest BCUT2D eigenvalue weighted by Gasteiger charge is -2.27. The van der Waals surface area contributed by atoms with E-state index < -0.39 is 29.5 Å². The number of aliphatic imine (C=N–C) groups is 1. The van der Waals surface area contributed by atoms with Gasteiger partial charge in [0.15, 0.2) is 0 Å². The van der Waals surface area contributed by atoms with E-state index in [4.69, 9.17) is 19.9 Å². The molecular formula is C24H21F2N3O4. The Bertz CT molecular complexity index is 1260. The van der Waals surface area contributed by atoms with E-state index in [1.165, 1.54) is 6.07 Å². The molecule has 2 aromatic carbocycles. The van der Waals surface area contributed by atoms with Crippen LogP contribution in [0.4, 0.5) is 8.78 Å². The second-order valence-corrected chi connectivity index (χ2v) is 7.29. The Kier molecular flexibility index (Phi) is 6.32. The van der Waals surface area contributed by atoms with Gasteiger partial charge in [0.05, 0.1) is 24.9 Å². The number of amides is 1. The number of para-hydroxylation sites is 1. The van der Waals surface area contributed by atoms with Crippen molar-refractivity contribution in [1.82, 2.24) is 4.98 Å². The van der Waals surface area contributed by atoms with E-state index in [2.05, 4.69) is 9.98 Å². The number of pyridine rings is 1. The molecule has 1 aliphatic heterocycles. The Balaban J connectivity index is 1.73. The van der Waals surface area contributed by atoms with E-state index in [-0.39, 0.29) is 11.3 Å². The number of rotatable bonds is 8. The molecule has 0 aliphatic carbocycles. The summed E-state index contributed by atoms with van der Waals surface area (Å²) in [6, 6.07) is 13.2. The van der Waals surface area contributed by atoms with Gasteiger partial charge in [-0.05, 0) is 24.3 Å². The number of nitrogens with two attached hydrogens (primary N) is 1. The van der Waals surface area contributed by atoms with E-state index in [0.29, 0.717) is 35.6 Å².